The highest BCUT2D eigenvalue weighted by molar-refractivity contribution is 7.08. The molecule has 1 aromatic carbocycles. The molecule has 118 valence electrons. The van der Waals surface area contributed by atoms with Crippen molar-refractivity contribution in [1.29, 1.82) is 0 Å². The van der Waals surface area contributed by atoms with Gasteiger partial charge in [-0.05, 0) is 23.6 Å². The first-order valence-electron chi connectivity index (χ1n) is 6.29. The third-order valence-electron chi connectivity index (χ3n) is 2.89. The first-order valence-corrected chi connectivity index (χ1v) is 7.23. The molecule has 0 atom stereocenters. The van der Waals surface area contributed by atoms with E-state index < -0.39 is 23.2 Å². The van der Waals surface area contributed by atoms with E-state index in [-0.39, 0.29) is 11.9 Å². The van der Waals surface area contributed by atoms with Crippen molar-refractivity contribution in [2.75, 3.05) is 5.32 Å². The number of anilines is 1. The van der Waals surface area contributed by atoms with Gasteiger partial charge in [0.15, 0.2) is 0 Å². The average Bonchev–Trinajstić information content (AvgIpc) is 3.17. The number of alkyl halides is 3. The van der Waals surface area contributed by atoms with E-state index in [1.54, 1.807) is 16.8 Å². The van der Waals surface area contributed by atoms with Gasteiger partial charge in [-0.2, -0.15) is 24.5 Å². The monoisotopic (exact) mass is 339 g/mol. The molecule has 1 amide bonds. The Morgan fingerprint density at radius 1 is 1.17 bits per heavy atom. The maximum atomic E-state index is 12.9. The Morgan fingerprint density at radius 3 is 2.65 bits per heavy atom. The number of halogens is 3. The predicted molar refractivity (Wildman–Crippen MR) is 77.0 cm³/mol. The molecule has 0 fully saturated rings. The van der Waals surface area contributed by atoms with Crippen LogP contribution in [0.15, 0.2) is 45.5 Å². The summed E-state index contributed by atoms with van der Waals surface area (Å²) in [6.07, 6.45) is -4.63. The second kappa shape index (κ2) is 5.84. The van der Waals surface area contributed by atoms with Crippen molar-refractivity contribution in [1.82, 2.24) is 10.2 Å². The largest absolute Gasteiger partial charge is 0.417 e. The van der Waals surface area contributed by atoms with Crippen LogP contribution in [0.2, 0.25) is 0 Å². The molecule has 0 saturated heterocycles. The first-order chi connectivity index (χ1) is 10.9. The number of nitrogens with one attached hydrogen (secondary N) is 1. The molecule has 1 N–H and O–H groups in total. The molecule has 0 radical (unpaired) electrons. The third kappa shape index (κ3) is 3.24. The zero-order valence-electron chi connectivity index (χ0n) is 11.3. The summed E-state index contributed by atoms with van der Waals surface area (Å²) < 4.78 is 43.9. The number of carbonyl (C=O) groups excluding carboxylic acids is 1. The standard InChI is InChI=1S/C14H8F3N3O2S/c15-14(16,17)10-4-2-1-3-9(10)11(21)18-13-20-19-12(22-13)8-5-6-23-7-8/h1-7H,(H,18,20,21). The maximum absolute atomic E-state index is 12.9. The van der Waals surface area contributed by atoms with Gasteiger partial charge in [0.05, 0.1) is 11.1 Å². The van der Waals surface area contributed by atoms with Gasteiger partial charge in [-0.3, -0.25) is 10.1 Å². The minimum absolute atomic E-state index is 0.172. The lowest BCUT2D eigenvalue weighted by Gasteiger charge is -2.11. The van der Waals surface area contributed by atoms with Crippen molar-refractivity contribution >= 4 is 23.3 Å². The first kappa shape index (κ1) is 15.2. The second-order valence-electron chi connectivity index (χ2n) is 4.42. The Morgan fingerprint density at radius 2 is 1.96 bits per heavy atom. The molecule has 3 rings (SSSR count). The predicted octanol–water partition coefficient (Wildman–Crippen LogP) is 4.07. The number of amides is 1. The molecule has 0 bridgehead atoms. The highest BCUT2D eigenvalue weighted by Gasteiger charge is 2.35. The summed E-state index contributed by atoms with van der Waals surface area (Å²) in [6, 6.07) is 5.93. The van der Waals surface area contributed by atoms with Gasteiger partial charge < -0.3 is 4.42 Å². The summed E-state index contributed by atoms with van der Waals surface area (Å²) in [7, 11) is 0. The number of aromatic nitrogens is 2. The van der Waals surface area contributed by atoms with Crippen molar-refractivity contribution in [2.24, 2.45) is 0 Å². The number of rotatable bonds is 3. The van der Waals surface area contributed by atoms with E-state index >= 15 is 0 Å². The third-order valence-corrected chi connectivity index (χ3v) is 3.57. The molecule has 2 aromatic heterocycles. The Bertz CT molecular complexity index is 828. The quantitative estimate of drug-likeness (QED) is 0.781. The maximum Gasteiger partial charge on any atom is 0.417 e. The summed E-state index contributed by atoms with van der Waals surface area (Å²) in [6.45, 7) is 0. The van der Waals surface area contributed by atoms with Crippen molar-refractivity contribution in [3.8, 4) is 11.5 Å². The van der Waals surface area contributed by atoms with Gasteiger partial charge in [0.1, 0.15) is 0 Å². The summed E-state index contributed by atoms with van der Waals surface area (Å²) >= 11 is 1.42. The van der Waals surface area contributed by atoms with E-state index in [4.69, 9.17) is 4.42 Å². The molecule has 9 heteroatoms. The van der Waals surface area contributed by atoms with E-state index in [0.29, 0.717) is 5.56 Å². The van der Waals surface area contributed by atoms with Gasteiger partial charge in [-0.15, -0.1) is 5.10 Å². The highest BCUT2D eigenvalue weighted by Crippen LogP contribution is 2.32. The zero-order valence-corrected chi connectivity index (χ0v) is 12.1. The fourth-order valence-corrected chi connectivity index (χ4v) is 2.50. The number of thiophene rings is 1. The van der Waals surface area contributed by atoms with Crippen LogP contribution in [-0.4, -0.2) is 16.1 Å². The molecule has 23 heavy (non-hydrogen) atoms. The summed E-state index contributed by atoms with van der Waals surface area (Å²) in [5.74, 6) is -0.802. The Kier molecular flexibility index (Phi) is 3.87. The normalized spacial score (nSPS) is 11.4. The SMILES string of the molecule is O=C(Nc1nnc(-c2ccsc2)o1)c1ccccc1C(F)(F)F. The van der Waals surface area contributed by atoms with Crippen LogP contribution in [0.5, 0.6) is 0 Å². The van der Waals surface area contributed by atoms with Crippen molar-refractivity contribution in [3.63, 3.8) is 0 Å². The summed E-state index contributed by atoms with van der Waals surface area (Å²) in [5.41, 5.74) is -0.885. The van der Waals surface area contributed by atoms with Crippen molar-refractivity contribution < 1.29 is 22.4 Å². The van der Waals surface area contributed by atoms with Crippen molar-refractivity contribution in [2.45, 2.75) is 6.18 Å². The fourth-order valence-electron chi connectivity index (χ4n) is 1.87. The van der Waals surface area contributed by atoms with Crippen LogP contribution in [-0.2, 0) is 6.18 Å². The van der Waals surface area contributed by atoms with E-state index in [2.05, 4.69) is 15.5 Å². The molecule has 0 unspecified atom stereocenters. The van der Waals surface area contributed by atoms with E-state index in [0.717, 1.165) is 12.1 Å². The number of hydrogen-bond acceptors (Lipinski definition) is 5. The van der Waals surface area contributed by atoms with Crippen LogP contribution in [0.4, 0.5) is 19.2 Å². The van der Waals surface area contributed by atoms with Gasteiger partial charge in [0, 0.05) is 10.9 Å². The van der Waals surface area contributed by atoms with Crippen LogP contribution in [0.25, 0.3) is 11.5 Å². The lowest BCUT2D eigenvalue weighted by molar-refractivity contribution is -0.137. The smallest absolute Gasteiger partial charge is 0.403 e. The zero-order chi connectivity index (χ0) is 16.4. The van der Waals surface area contributed by atoms with Gasteiger partial charge in [-0.1, -0.05) is 17.2 Å². The van der Waals surface area contributed by atoms with Crippen LogP contribution in [0.3, 0.4) is 0 Å². The van der Waals surface area contributed by atoms with Crippen LogP contribution >= 0.6 is 11.3 Å². The molecule has 0 aliphatic heterocycles. The molecule has 0 aliphatic carbocycles. The number of hydrogen-bond donors (Lipinski definition) is 1. The van der Waals surface area contributed by atoms with Crippen LogP contribution in [0.1, 0.15) is 15.9 Å². The Labute approximate surface area is 131 Å². The fraction of sp³-hybridized carbons (Fsp3) is 0.0714. The average molecular weight is 339 g/mol. The molecule has 0 spiro atoms. The second-order valence-corrected chi connectivity index (χ2v) is 5.20. The molecular weight excluding hydrogens is 331 g/mol. The van der Waals surface area contributed by atoms with Crippen molar-refractivity contribution in [3.05, 3.63) is 52.2 Å². The van der Waals surface area contributed by atoms with E-state index in [1.807, 2.05) is 0 Å². The summed E-state index contributed by atoms with van der Waals surface area (Å²) in [4.78, 5) is 12.0. The highest BCUT2D eigenvalue weighted by atomic mass is 32.1. The van der Waals surface area contributed by atoms with Gasteiger partial charge in [0.25, 0.3) is 11.8 Å². The Hall–Kier alpha value is -2.68. The van der Waals surface area contributed by atoms with Crippen LogP contribution in [0, 0.1) is 0 Å². The molecular formula is C14H8F3N3O2S. The topological polar surface area (TPSA) is 68.0 Å². The molecule has 5 nitrogen and oxygen atoms in total. The lowest BCUT2D eigenvalue weighted by Crippen LogP contribution is -2.18. The molecule has 0 aliphatic rings. The van der Waals surface area contributed by atoms with E-state index in [9.17, 15) is 18.0 Å². The van der Waals surface area contributed by atoms with Gasteiger partial charge in [0.2, 0.25) is 0 Å². The molecule has 3 aromatic rings. The molecule has 0 saturated carbocycles. The van der Waals surface area contributed by atoms with E-state index in [1.165, 1.54) is 23.5 Å². The number of carbonyl (C=O) groups is 1. The van der Waals surface area contributed by atoms with Crippen LogP contribution < -0.4 is 5.32 Å². The molecule has 2 heterocycles. The van der Waals surface area contributed by atoms with Gasteiger partial charge >= 0.3 is 12.2 Å². The number of nitrogens with zero attached hydrogens (tertiary/aromatic N) is 2. The minimum Gasteiger partial charge on any atom is -0.403 e. The Balaban J connectivity index is 1.83. The van der Waals surface area contributed by atoms with Gasteiger partial charge in [-0.25, -0.2) is 0 Å². The minimum atomic E-state index is -4.63. The number of benzene rings is 1. The lowest BCUT2D eigenvalue weighted by atomic mass is 10.1. The summed E-state index contributed by atoms with van der Waals surface area (Å²) in [5, 5.41) is 13.1.